The highest BCUT2D eigenvalue weighted by atomic mass is 32.1. The van der Waals surface area contributed by atoms with E-state index in [9.17, 15) is 10.1 Å². The van der Waals surface area contributed by atoms with Crippen LogP contribution in [0, 0.1) is 11.3 Å². The largest absolute Gasteiger partial charge is 0.396 e. The summed E-state index contributed by atoms with van der Waals surface area (Å²) >= 11 is 1.32. The number of thiophene rings is 1. The van der Waals surface area contributed by atoms with Crippen LogP contribution in [0.4, 0.5) is 10.7 Å². The molecule has 0 radical (unpaired) electrons. The van der Waals surface area contributed by atoms with E-state index >= 15 is 0 Å². The predicted octanol–water partition coefficient (Wildman–Crippen LogP) is 1.55. The van der Waals surface area contributed by atoms with Crippen molar-refractivity contribution >= 4 is 27.9 Å². The fourth-order valence-electron chi connectivity index (χ4n) is 2.09. The zero-order valence-electron chi connectivity index (χ0n) is 10.3. The average molecular weight is 264 g/mol. The van der Waals surface area contributed by atoms with E-state index in [2.05, 4.69) is 16.3 Å². The molecule has 2 heterocycles. The van der Waals surface area contributed by atoms with Crippen molar-refractivity contribution in [3.05, 3.63) is 10.4 Å². The molecule has 2 rings (SSSR count). The van der Waals surface area contributed by atoms with Crippen LogP contribution in [0.5, 0.6) is 0 Å². The Morgan fingerprint density at radius 1 is 1.56 bits per heavy atom. The maximum atomic E-state index is 11.9. The minimum absolute atomic E-state index is 0.193. The molecule has 0 aromatic carbocycles. The van der Waals surface area contributed by atoms with Gasteiger partial charge in [-0.3, -0.25) is 4.79 Å². The third-order valence-electron chi connectivity index (χ3n) is 2.98. The average Bonchev–Trinajstić information content (AvgIpc) is 2.96. The predicted molar refractivity (Wildman–Crippen MR) is 72.9 cm³/mol. The van der Waals surface area contributed by atoms with Crippen LogP contribution < -0.4 is 16.0 Å². The number of carbonyl (C=O) groups is 1. The molecule has 0 aliphatic carbocycles. The Morgan fingerprint density at radius 2 is 2.22 bits per heavy atom. The Balaban J connectivity index is 2.39. The van der Waals surface area contributed by atoms with Gasteiger partial charge in [-0.2, -0.15) is 5.26 Å². The molecular weight excluding hydrogens is 248 g/mol. The molecule has 0 bridgehead atoms. The van der Waals surface area contributed by atoms with Crippen molar-refractivity contribution < 1.29 is 4.79 Å². The van der Waals surface area contributed by atoms with Crippen molar-refractivity contribution in [3.8, 4) is 6.07 Å². The van der Waals surface area contributed by atoms with Gasteiger partial charge < -0.3 is 16.0 Å². The van der Waals surface area contributed by atoms with Gasteiger partial charge in [-0.25, -0.2) is 0 Å². The number of nitrogens with zero attached hydrogens (tertiary/aromatic N) is 2. The molecule has 18 heavy (non-hydrogen) atoms. The van der Waals surface area contributed by atoms with Gasteiger partial charge >= 0.3 is 0 Å². The molecular formula is C12H16N4OS. The van der Waals surface area contributed by atoms with Gasteiger partial charge in [-0.05, 0) is 19.8 Å². The summed E-state index contributed by atoms with van der Waals surface area (Å²) < 4.78 is 0. The summed E-state index contributed by atoms with van der Waals surface area (Å²) in [7, 11) is 0. The van der Waals surface area contributed by atoms with Crippen molar-refractivity contribution in [2.24, 2.45) is 0 Å². The molecule has 0 unspecified atom stereocenters. The molecule has 1 aliphatic heterocycles. The maximum absolute atomic E-state index is 11.9. The molecule has 1 amide bonds. The van der Waals surface area contributed by atoms with Gasteiger partial charge in [0.25, 0.3) is 5.91 Å². The monoisotopic (exact) mass is 264 g/mol. The minimum Gasteiger partial charge on any atom is -0.396 e. The lowest BCUT2D eigenvalue weighted by Gasteiger charge is -2.14. The number of amides is 1. The summed E-state index contributed by atoms with van der Waals surface area (Å²) in [6, 6.07) is 2.12. The highest BCUT2D eigenvalue weighted by molar-refractivity contribution is 7.19. The van der Waals surface area contributed by atoms with Crippen molar-refractivity contribution in [2.45, 2.75) is 19.8 Å². The van der Waals surface area contributed by atoms with Crippen molar-refractivity contribution in [3.63, 3.8) is 0 Å². The highest BCUT2D eigenvalue weighted by Gasteiger charge is 2.25. The van der Waals surface area contributed by atoms with Gasteiger partial charge in [0.1, 0.15) is 21.5 Å². The van der Waals surface area contributed by atoms with Gasteiger partial charge in [-0.15, -0.1) is 11.3 Å². The number of nitrogens with two attached hydrogens (primary N) is 1. The maximum Gasteiger partial charge on any atom is 0.263 e. The van der Waals surface area contributed by atoms with E-state index in [-0.39, 0.29) is 5.91 Å². The second-order valence-corrected chi connectivity index (χ2v) is 5.19. The molecule has 6 heteroatoms. The number of nitrogens with one attached hydrogen (secondary N) is 1. The first kappa shape index (κ1) is 12.7. The highest BCUT2D eigenvalue weighted by Crippen LogP contribution is 2.39. The van der Waals surface area contributed by atoms with Crippen LogP contribution in [0.1, 0.15) is 35.0 Å². The van der Waals surface area contributed by atoms with Crippen molar-refractivity contribution in [1.29, 1.82) is 5.26 Å². The lowest BCUT2D eigenvalue weighted by molar-refractivity contribution is 0.0960. The van der Waals surface area contributed by atoms with E-state index in [1.165, 1.54) is 11.3 Å². The van der Waals surface area contributed by atoms with Crippen LogP contribution >= 0.6 is 11.3 Å². The van der Waals surface area contributed by atoms with Crippen LogP contribution in [-0.4, -0.2) is 25.5 Å². The van der Waals surface area contributed by atoms with E-state index < -0.39 is 0 Å². The van der Waals surface area contributed by atoms with Crippen LogP contribution in [0.15, 0.2) is 0 Å². The number of nitriles is 1. The van der Waals surface area contributed by atoms with Crippen LogP contribution in [-0.2, 0) is 0 Å². The molecule has 1 saturated heterocycles. The van der Waals surface area contributed by atoms with Gasteiger partial charge in [0, 0.05) is 19.6 Å². The summed E-state index contributed by atoms with van der Waals surface area (Å²) in [6.07, 6.45) is 2.25. The van der Waals surface area contributed by atoms with Crippen LogP contribution in [0.2, 0.25) is 0 Å². The second kappa shape index (κ2) is 5.27. The van der Waals surface area contributed by atoms with E-state index in [1.807, 2.05) is 6.92 Å². The molecule has 1 fully saturated rings. The first-order chi connectivity index (χ1) is 8.69. The fraction of sp³-hybridized carbons (Fsp3) is 0.500. The summed E-state index contributed by atoms with van der Waals surface area (Å²) in [5.74, 6) is -0.193. The van der Waals surface area contributed by atoms with E-state index in [0.29, 0.717) is 22.7 Å². The van der Waals surface area contributed by atoms with E-state index in [1.54, 1.807) is 0 Å². The van der Waals surface area contributed by atoms with E-state index in [4.69, 9.17) is 5.73 Å². The van der Waals surface area contributed by atoms with Gasteiger partial charge in [0.2, 0.25) is 0 Å². The summed E-state index contributed by atoms with van der Waals surface area (Å²) in [5.41, 5.74) is 6.68. The Bertz CT molecular complexity index is 497. The number of carbonyl (C=O) groups excluding carboxylic acids is 1. The number of nitrogen functional groups attached to an aromatic ring is 1. The van der Waals surface area contributed by atoms with Crippen molar-refractivity contribution in [2.75, 3.05) is 30.3 Å². The number of rotatable bonds is 3. The quantitative estimate of drug-likeness (QED) is 0.867. The van der Waals surface area contributed by atoms with Crippen LogP contribution in [0.3, 0.4) is 0 Å². The van der Waals surface area contributed by atoms with Gasteiger partial charge in [0.15, 0.2) is 0 Å². The molecule has 1 aliphatic rings. The minimum atomic E-state index is -0.193. The number of hydrogen-bond donors (Lipinski definition) is 2. The second-order valence-electron chi connectivity index (χ2n) is 4.19. The summed E-state index contributed by atoms with van der Waals surface area (Å²) in [4.78, 5) is 14.4. The SMILES string of the molecule is CCNC(=O)c1sc(N2CCCC2)c(C#N)c1N. The smallest absolute Gasteiger partial charge is 0.263 e. The molecule has 3 N–H and O–H groups in total. The van der Waals surface area contributed by atoms with Gasteiger partial charge in [-0.1, -0.05) is 0 Å². The zero-order chi connectivity index (χ0) is 13.1. The lowest BCUT2D eigenvalue weighted by atomic mass is 10.2. The summed E-state index contributed by atoms with van der Waals surface area (Å²) in [6.45, 7) is 4.28. The van der Waals surface area contributed by atoms with Crippen molar-refractivity contribution in [1.82, 2.24) is 5.32 Å². The molecule has 5 nitrogen and oxygen atoms in total. The topological polar surface area (TPSA) is 82.2 Å². The molecule has 1 aromatic rings. The first-order valence-electron chi connectivity index (χ1n) is 6.04. The zero-order valence-corrected chi connectivity index (χ0v) is 11.1. The fourth-order valence-corrected chi connectivity index (χ4v) is 3.23. The normalized spacial score (nSPS) is 14.6. The van der Waals surface area contributed by atoms with Crippen LogP contribution in [0.25, 0.3) is 0 Å². The van der Waals surface area contributed by atoms with E-state index in [0.717, 1.165) is 30.9 Å². The molecule has 0 spiro atoms. The van der Waals surface area contributed by atoms with Gasteiger partial charge in [0.05, 0.1) is 5.69 Å². The third-order valence-corrected chi connectivity index (χ3v) is 4.24. The summed E-state index contributed by atoms with van der Waals surface area (Å²) in [5, 5.41) is 12.8. The number of anilines is 2. The molecule has 96 valence electrons. The first-order valence-corrected chi connectivity index (χ1v) is 6.86. The standard InChI is InChI=1S/C12H16N4OS/c1-2-15-11(17)10-9(14)8(7-13)12(18-10)16-5-3-4-6-16/h2-6,14H2,1H3,(H,15,17). The Kier molecular flexibility index (Phi) is 3.72. The lowest BCUT2D eigenvalue weighted by Crippen LogP contribution is -2.22. The Morgan fingerprint density at radius 3 is 2.78 bits per heavy atom. The molecule has 0 atom stereocenters. The molecule has 0 saturated carbocycles. The number of hydrogen-bond acceptors (Lipinski definition) is 5. The molecule has 1 aromatic heterocycles. The Labute approximate surface area is 110 Å². The Hall–Kier alpha value is -1.74. The third kappa shape index (κ3) is 2.14.